The summed E-state index contributed by atoms with van der Waals surface area (Å²) in [7, 11) is 0. The Hall–Kier alpha value is -0.710. The number of piperidine rings is 1. The maximum absolute atomic E-state index is 11.9. The van der Waals surface area contributed by atoms with Gasteiger partial charge in [-0.25, -0.2) is 4.79 Å². The number of hydrogen-bond donors (Lipinski definition) is 1. The molecule has 16 heavy (non-hydrogen) atoms. The van der Waals surface area contributed by atoms with E-state index in [0.717, 1.165) is 18.6 Å². The summed E-state index contributed by atoms with van der Waals surface area (Å²) in [6.07, 6.45) is 4.19. The van der Waals surface area contributed by atoms with Gasteiger partial charge < -0.3 is 10.0 Å². The Morgan fingerprint density at radius 1 is 1.50 bits per heavy atom. The zero-order valence-corrected chi connectivity index (χ0v) is 10.6. The van der Waals surface area contributed by atoms with Crippen LogP contribution in [0.5, 0.6) is 0 Å². The van der Waals surface area contributed by atoms with Crippen LogP contribution in [0.4, 0.5) is 0 Å². The average molecular weight is 245 g/mol. The van der Waals surface area contributed by atoms with Crippen LogP contribution in [-0.2, 0) is 9.59 Å². The van der Waals surface area contributed by atoms with Crippen molar-refractivity contribution in [3.63, 3.8) is 0 Å². The Labute approximate surface area is 100 Å². The van der Waals surface area contributed by atoms with Crippen LogP contribution in [0.2, 0.25) is 0 Å². The van der Waals surface area contributed by atoms with Crippen molar-refractivity contribution in [2.45, 2.75) is 32.2 Å². The van der Waals surface area contributed by atoms with Crippen LogP contribution >= 0.6 is 11.8 Å². The molecule has 1 amide bonds. The highest BCUT2D eigenvalue weighted by molar-refractivity contribution is 7.98. The second kappa shape index (κ2) is 6.13. The van der Waals surface area contributed by atoms with Gasteiger partial charge in [-0.05, 0) is 25.0 Å². The molecule has 1 heterocycles. The number of nitrogens with zero attached hydrogens (tertiary/aromatic N) is 1. The van der Waals surface area contributed by atoms with Gasteiger partial charge >= 0.3 is 5.97 Å². The summed E-state index contributed by atoms with van der Waals surface area (Å²) in [6, 6.07) is -0.622. The molecule has 0 saturated carbocycles. The summed E-state index contributed by atoms with van der Waals surface area (Å²) in [5, 5.41) is 9.15. The van der Waals surface area contributed by atoms with Gasteiger partial charge in [-0.3, -0.25) is 4.79 Å². The number of carbonyl (C=O) groups is 2. The van der Waals surface area contributed by atoms with Crippen LogP contribution in [0, 0.1) is 5.92 Å². The molecule has 1 fully saturated rings. The van der Waals surface area contributed by atoms with Crippen molar-refractivity contribution in [1.82, 2.24) is 4.90 Å². The van der Waals surface area contributed by atoms with Crippen LogP contribution < -0.4 is 0 Å². The highest BCUT2D eigenvalue weighted by Gasteiger charge is 2.36. The van der Waals surface area contributed by atoms with Crippen LogP contribution in [0.25, 0.3) is 0 Å². The molecule has 0 spiro atoms. The maximum Gasteiger partial charge on any atom is 0.326 e. The predicted octanol–water partition coefficient (Wildman–Crippen LogP) is 1.45. The standard InChI is InChI=1S/C11H19NO3S/c1-8-4-3-6-12(10(8)11(14)15)9(13)5-7-16-2/h8,10H,3-7H2,1-2H3,(H,14,15). The van der Waals surface area contributed by atoms with E-state index in [9.17, 15) is 9.59 Å². The van der Waals surface area contributed by atoms with E-state index in [1.165, 1.54) is 0 Å². The maximum atomic E-state index is 11.9. The highest BCUT2D eigenvalue weighted by atomic mass is 32.2. The Balaban J connectivity index is 2.67. The number of carboxylic acids is 1. The molecule has 0 aromatic heterocycles. The van der Waals surface area contributed by atoms with E-state index in [1.807, 2.05) is 13.2 Å². The first-order valence-corrected chi connectivity index (χ1v) is 6.98. The first-order chi connectivity index (χ1) is 7.57. The minimum atomic E-state index is -0.871. The van der Waals surface area contributed by atoms with E-state index in [0.29, 0.717) is 13.0 Å². The fourth-order valence-electron chi connectivity index (χ4n) is 2.18. The average Bonchev–Trinajstić information content (AvgIpc) is 2.24. The summed E-state index contributed by atoms with van der Waals surface area (Å²) in [6.45, 7) is 2.50. The van der Waals surface area contributed by atoms with Crippen molar-refractivity contribution in [3.8, 4) is 0 Å². The molecule has 5 heteroatoms. The molecule has 2 atom stereocenters. The SMILES string of the molecule is CSCCC(=O)N1CCCC(C)C1C(=O)O. The first-order valence-electron chi connectivity index (χ1n) is 5.59. The third-order valence-corrected chi connectivity index (χ3v) is 3.64. The Morgan fingerprint density at radius 2 is 2.19 bits per heavy atom. The zero-order chi connectivity index (χ0) is 12.1. The summed E-state index contributed by atoms with van der Waals surface area (Å²) in [5.41, 5.74) is 0. The van der Waals surface area contributed by atoms with Gasteiger partial charge in [-0.1, -0.05) is 6.92 Å². The summed E-state index contributed by atoms with van der Waals surface area (Å²) in [5.74, 6) is -0.0711. The predicted molar refractivity (Wildman–Crippen MR) is 64.5 cm³/mol. The first kappa shape index (κ1) is 13.4. The molecular formula is C11H19NO3S. The quantitative estimate of drug-likeness (QED) is 0.814. The Morgan fingerprint density at radius 3 is 2.75 bits per heavy atom. The molecule has 1 aliphatic heterocycles. The molecule has 0 aliphatic carbocycles. The lowest BCUT2D eigenvalue weighted by Gasteiger charge is -2.37. The third kappa shape index (κ3) is 3.14. The van der Waals surface area contributed by atoms with E-state index >= 15 is 0 Å². The van der Waals surface area contributed by atoms with E-state index in [2.05, 4.69) is 0 Å². The molecule has 0 aromatic carbocycles. The summed E-state index contributed by atoms with van der Waals surface area (Å²) < 4.78 is 0. The van der Waals surface area contributed by atoms with Crippen molar-refractivity contribution in [2.75, 3.05) is 18.6 Å². The Kier molecular flexibility index (Phi) is 5.12. The van der Waals surface area contributed by atoms with Gasteiger partial charge in [0.25, 0.3) is 0 Å². The summed E-state index contributed by atoms with van der Waals surface area (Å²) in [4.78, 5) is 24.6. The van der Waals surface area contributed by atoms with Crippen LogP contribution in [0.15, 0.2) is 0 Å². The molecule has 2 unspecified atom stereocenters. The van der Waals surface area contributed by atoms with Crippen molar-refractivity contribution < 1.29 is 14.7 Å². The fraction of sp³-hybridized carbons (Fsp3) is 0.818. The zero-order valence-electron chi connectivity index (χ0n) is 9.81. The second-order valence-electron chi connectivity index (χ2n) is 4.23. The van der Waals surface area contributed by atoms with Gasteiger partial charge in [-0.15, -0.1) is 0 Å². The third-order valence-electron chi connectivity index (χ3n) is 3.03. The summed E-state index contributed by atoms with van der Waals surface area (Å²) >= 11 is 1.61. The van der Waals surface area contributed by atoms with Gasteiger partial charge in [0.15, 0.2) is 0 Å². The van der Waals surface area contributed by atoms with Crippen molar-refractivity contribution in [2.24, 2.45) is 5.92 Å². The molecular weight excluding hydrogens is 226 g/mol. The number of aliphatic carboxylic acids is 1. The minimum absolute atomic E-state index is 0.0201. The number of carboxylic acid groups (broad SMARTS) is 1. The van der Waals surface area contributed by atoms with Gasteiger partial charge in [0, 0.05) is 18.7 Å². The Bertz CT molecular complexity index is 270. The molecule has 4 nitrogen and oxygen atoms in total. The van der Waals surface area contributed by atoms with Crippen molar-refractivity contribution >= 4 is 23.6 Å². The number of amides is 1. The van der Waals surface area contributed by atoms with Gasteiger partial charge in [0.2, 0.25) is 5.91 Å². The molecule has 92 valence electrons. The smallest absolute Gasteiger partial charge is 0.326 e. The topological polar surface area (TPSA) is 57.6 Å². The lowest BCUT2D eigenvalue weighted by molar-refractivity contribution is -0.154. The van der Waals surface area contributed by atoms with Crippen molar-refractivity contribution in [3.05, 3.63) is 0 Å². The lowest BCUT2D eigenvalue weighted by Crippen LogP contribution is -2.52. The minimum Gasteiger partial charge on any atom is -0.480 e. The van der Waals surface area contributed by atoms with E-state index in [1.54, 1.807) is 16.7 Å². The number of carbonyl (C=O) groups excluding carboxylic acids is 1. The lowest BCUT2D eigenvalue weighted by atomic mass is 9.90. The van der Waals surface area contributed by atoms with Gasteiger partial charge in [-0.2, -0.15) is 11.8 Å². The molecule has 1 saturated heterocycles. The number of likely N-dealkylation sites (tertiary alicyclic amines) is 1. The fourth-order valence-corrected chi connectivity index (χ4v) is 2.56. The molecule has 1 N–H and O–H groups in total. The number of thioether (sulfide) groups is 1. The highest BCUT2D eigenvalue weighted by Crippen LogP contribution is 2.24. The van der Waals surface area contributed by atoms with Gasteiger partial charge in [0.1, 0.15) is 6.04 Å². The molecule has 0 bridgehead atoms. The van der Waals surface area contributed by atoms with Crippen LogP contribution in [-0.4, -0.2) is 46.5 Å². The second-order valence-corrected chi connectivity index (χ2v) is 5.22. The molecule has 1 aliphatic rings. The normalized spacial score (nSPS) is 25.5. The van der Waals surface area contributed by atoms with Crippen molar-refractivity contribution in [1.29, 1.82) is 0 Å². The van der Waals surface area contributed by atoms with Crippen LogP contribution in [0.1, 0.15) is 26.2 Å². The van der Waals surface area contributed by atoms with Gasteiger partial charge in [0.05, 0.1) is 0 Å². The largest absolute Gasteiger partial charge is 0.480 e. The van der Waals surface area contributed by atoms with E-state index < -0.39 is 12.0 Å². The van der Waals surface area contributed by atoms with E-state index in [4.69, 9.17) is 5.11 Å². The molecule has 0 radical (unpaired) electrons. The molecule has 1 rings (SSSR count). The van der Waals surface area contributed by atoms with E-state index in [-0.39, 0.29) is 11.8 Å². The number of hydrogen-bond acceptors (Lipinski definition) is 3. The molecule has 0 aromatic rings. The monoisotopic (exact) mass is 245 g/mol. The van der Waals surface area contributed by atoms with Crippen LogP contribution in [0.3, 0.4) is 0 Å². The number of rotatable bonds is 4.